The normalized spacial score (nSPS) is 17.2. The largest absolute Gasteiger partial charge is 0.515 e. The van der Waals surface area contributed by atoms with Gasteiger partial charge in [-0.05, 0) is 24.0 Å². The third kappa shape index (κ3) is 5.96. The van der Waals surface area contributed by atoms with Gasteiger partial charge in [-0.15, -0.1) is 0 Å². The van der Waals surface area contributed by atoms with Gasteiger partial charge in [0.25, 0.3) is 11.8 Å². The molecule has 1 saturated heterocycles. The first kappa shape index (κ1) is 26.6. The number of ether oxygens (including phenoxy) is 1. The molecular formula is C26H29N3O7. The van der Waals surface area contributed by atoms with E-state index in [1.807, 2.05) is 30.3 Å². The molecule has 0 radical (unpaired) electrons. The van der Waals surface area contributed by atoms with Crippen molar-refractivity contribution in [2.75, 3.05) is 13.7 Å². The number of rotatable bonds is 9. The molecule has 0 unspecified atom stereocenters. The third-order valence-electron chi connectivity index (χ3n) is 6.05. The van der Waals surface area contributed by atoms with Crippen LogP contribution in [0.2, 0.25) is 0 Å². The summed E-state index contributed by atoms with van der Waals surface area (Å²) in [6, 6.07) is 15.4. The molecule has 2 aromatic carbocycles. The van der Waals surface area contributed by atoms with E-state index in [-0.39, 0.29) is 23.9 Å². The molecular weight excluding hydrogens is 466 g/mol. The number of nitrogens with one attached hydrogen (secondary N) is 2. The van der Waals surface area contributed by atoms with Gasteiger partial charge in [0, 0.05) is 18.7 Å². The lowest BCUT2D eigenvalue weighted by molar-refractivity contribution is -0.153. The van der Waals surface area contributed by atoms with Crippen molar-refractivity contribution >= 4 is 23.5 Å². The maximum Gasteiger partial charge on any atom is 0.343 e. The first-order valence-corrected chi connectivity index (χ1v) is 11.4. The van der Waals surface area contributed by atoms with Crippen molar-refractivity contribution in [1.82, 2.24) is 10.2 Å². The van der Waals surface area contributed by atoms with Gasteiger partial charge in [0.2, 0.25) is 0 Å². The molecule has 0 bridgehead atoms. The van der Waals surface area contributed by atoms with E-state index in [0.717, 1.165) is 25.5 Å². The van der Waals surface area contributed by atoms with Crippen LogP contribution in [0.15, 0.2) is 66.4 Å². The molecule has 1 aliphatic rings. The van der Waals surface area contributed by atoms with Gasteiger partial charge in [0.05, 0.1) is 25.1 Å². The number of carbonyl (C=O) groups is 3. The quantitative estimate of drug-likeness (QED) is 0.152. The highest BCUT2D eigenvalue weighted by Crippen LogP contribution is 2.32. The fourth-order valence-electron chi connectivity index (χ4n) is 4.07. The molecule has 0 saturated carbocycles. The molecule has 2 amide bonds. The van der Waals surface area contributed by atoms with Crippen LogP contribution in [-0.4, -0.2) is 69.6 Å². The van der Waals surface area contributed by atoms with Crippen LogP contribution in [0.3, 0.4) is 0 Å². The lowest BCUT2D eigenvalue weighted by atomic mass is 10.0. The van der Waals surface area contributed by atoms with E-state index in [1.54, 1.807) is 12.1 Å². The predicted molar refractivity (Wildman–Crippen MR) is 130 cm³/mol. The molecule has 10 heteroatoms. The zero-order chi connectivity index (χ0) is 26.2. The Labute approximate surface area is 208 Å². The summed E-state index contributed by atoms with van der Waals surface area (Å²) in [6.07, 6.45) is -1.87. The highest BCUT2D eigenvalue weighted by atomic mass is 16.5. The van der Waals surface area contributed by atoms with Crippen molar-refractivity contribution < 1.29 is 34.4 Å². The summed E-state index contributed by atoms with van der Waals surface area (Å²) in [4.78, 5) is 38.4. The van der Waals surface area contributed by atoms with Crippen LogP contribution in [0.1, 0.15) is 35.6 Å². The molecule has 0 aromatic heterocycles. The zero-order valence-corrected chi connectivity index (χ0v) is 19.8. The highest BCUT2D eigenvalue weighted by molar-refractivity contribution is 6.25. The van der Waals surface area contributed by atoms with Gasteiger partial charge in [-0.25, -0.2) is 4.79 Å². The molecule has 1 aliphatic heterocycles. The SMILES string of the molecule is COC(=O)/C(=C/O)C(=N)c1ccc(CNC(=O)[C@H](O)[C@@H](O)C(=O)N2CCC[C@@H]2c2ccccc2)cc1. The fraction of sp³-hybridized carbons (Fsp3) is 0.308. The first-order valence-electron chi connectivity index (χ1n) is 11.4. The van der Waals surface area contributed by atoms with Gasteiger partial charge >= 0.3 is 5.97 Å². The maximum absolute atomic E-state index is 12.9. The van der Waals surface area contributed by atoms with Crippen LogP contribution >= 0.6 is 0 Å². The lowest BCUT2D eigenvalue weighted by Crippen LogP contribution is -2.50. The molecule has 1 fully saturated rings. The van der Waals surface area contributed by atoms with Crippen molar-refractivity contribution in [2.45, 2.75) is 37.6 Å². The van der Waals surface area contributed by atoms with Gasteiger partial charge in [0.15, 0.2) is 12.2 Å². The predicted octanol–water partition coefficient (Wildman–Crippen LogP) is 1.37. The molecule has 3 rings (SSSR count). The van der Waals surface area contributed by atoms with E-state index >= 15 is 0 Å². The summed E-state index contributed by atoms with van der Waals surface area (Å²) in [6.45, 7) is 0.411. The van der Waals surface area contributed by atoms with Crippen LogP contribution in [0.5, 0.6) is 0 Å². The number of aliphatic hydroxyl groups excluding tert-OH is 3. The standard InChI is InChI=1S/C26H29N3O7/c1-36-26(35)19(15-30)21(27)18-11-9-16(10-12-18)14-28-24(33)22(31)23(32)25(34)29-13-5-8-20(29)17-6-3-2-4-7-17/h2-4,6-7,9-12,15,20,22-23,27,30-32H,5,8,13-14H2,1H3,(H,28,33)/b19-15+,27-21?/t20-,22-,23-/m1/s1. The Morgan fingerprint density at radius 3 is 2.39 bits per heavy atom. The maximum atomic E-state index is 12.9. The number of hydrogen-bond donors (Lipinski definition) is 5. The van der Waals surface area contributed by atoms with Crippen LogP contribution in [0, 0.1) is 5.41 Å². The van der Waals surface area contributed by atoms with Crippen molar-refractivity contribution in [2.24, 2.45) is 0 Å². The zero-order valence-electron chi connectivity index (χ0n) is 19.8. The van der Waals surface area contributed by atoms with Crippen LogP contribution in [0.25, 0.3) is 0 Å². The monoisotopic (exact) mass is 495 g/mol. The number of amides is 2. The number of aliphatic hydroxyl groups is 3. The molecule has 0 aliphatic carbocycles. The lowest BCUT2D eigenvalue weighted by Gasteiger charge is -2.28. The van der Waals surface area contributed by atoms with Crippen molar-refractivity contribution in [3.63, 3.8) is 0 Å². The number of nitrogens with zero attached hydrogens (tertiary/aromatic N) is 1. The Balaban J connectivity index is 1.57. The molecule has 1 heterocycles. The summed E-state index contributed by atoms with van der Waals surface area (Å²) < 4.78 is 4.53. The summed E-state index contributed by atoms with van der Waals surface area (Å²) in [7, 11) is 1.14. The summed E-state index contributed by atoms with van der Waals surface area (Å²) in [5, 5.41) is 40.5. The molecule has 2 aromatic rings. The minimum absolute atomic E-state index is 0.0134. The van der Waals surface area contributed by atoms with Crippen molar-refractivity contribution in [3.8, 4) is 0 Å². The molecule has 36 heavy (non-hydrogen) atoms. The highest BCUT2D eigenvalue weighted by Gasteiger charge is 2.38. The Bertz CT molecular complexity index is 1130. The van der Waals surface area contributed by atoms with Gasteiger partial charge in [-0.2, -0.15) is 0 Å². The van der Waals surface area contributed by atoms with Crippen LogP contribution in [-0.2, 0) is 25.7 Å². The van der Waals surface area contributed by atoms with Crippen molar-refractivity contribution in [3.05, 3.63) is 83.1 Å². The average Bonchev–Trinajstić information content (AvgIpc) is 3.41. The van der Waals surface area contributed by atoms with E-state index in [0.29, 0.717) is 23.9 Å². The number of carbonyl (C=O) groups excluding carboxylic acids is 3. The summed E-state index contributed by atoms with van der Waals surface area (Å²) >= 11 is 0. The van der Waals surface area contributed by atoms with E-state index < -0.39 is 30.0 Å². The van der Waals surface area contributed by atoms with Crippen LogP contribution < -0.4 is 5.32 Å². The van der Waals surface area contributed by atoms with Gasteiger partial charge in [-0.3, -0.25) is 15.0 Å². The minimum atomic E-state index is -1.95. The van der Waals surface area contributed by atoms with Gasteiger partial charge < -0.3 is 30.3 Å². The summed E-state index contributed by atoms with van der Waals surface area (Å²) in [5.74, 6) is -2.46. The van der Waals surface area contributed by atoms with E-state index in [4.69, 9.17) is 5.41 Å². The molecule has 3 atom stereocenters. The minimum Gasteiger partial charge on any atom is -0.515 e. The van der Waals surface area contributed by atoms with E-state index in [2.05, 4.69) is 10.1 Å². The second-order valence-corrected chi connectivity index (χ2v) is 8.31. The number of benzene rings is 2. The Kier molecular flexibility index (Phi) is 8.93. The van der Waals surface area contributed by atoms with Gasteiger partial charge in [0.1, 0.15) is 5.57 Å². The second kappa shape index (κ2) is 12.1. The smallest absolute Gasteiger partial charge is 0.343 e. The Hall–Kier alpha value is -4.02. The van der Waals surface area contributed by atoms with Gasteiger partial charge in [-0.1, -0.05) is 54.6 Å². The molecule has 190 valence electrons. The molecule has 10 nitrogen and oxygen atoms in total. The third-order valence-corrected chi connectivity index (χ3v) is 6.05. The van der Waals surface area contributed by atoms with E-state index in [9.17, 15) is 29.7 Å². The number of esters is 1. The molecule has 0 spiro atoms. The topological polar surface area (TPSA) is 160 Å². The fourth-order valence-corrected chi connectivity index (χ4v) is 4.07. The number of methoxy groups -OCH3 is 1. The molecule has 5 N–H and O–H groups in total. The Morgan fingerprint density at radius 1 is 1.11 bits per heavy atom. The Morgan fingerprint density at radius 2 is 1.78 bits per heavy atom. The summed E-state index contributed by atoms with van der Waals surface area (Å²) in [5.41, 5.74) is 1.30. The average molecular weight is 496 g/mol. The number of likely N-dealkylation sites (tertiary alicyclic amines) is 1. The first-order chi connectivity index (χ1) is 17.3. The van der Waals surface area contributed by atoms with E-state index in [1.165, 1.54) is 17.0 Å². The second-order valence-electron chi connectivity index (χ2n) is 8.31. The van der Waals surface area contributed by atoms with Crippen molar-refractivity contribution in [1.29, 1.82) is 5.41 Å². The number of hydrogen-bond acceptors (Lipinski definition) is 8. The van der Waals surface area contributed by atoms with Crippen LogP contribution in [0.4, 0.5) is 0 Å².